The van der Waals surface area contributed by atoms with Crippen molar-refractivity contribution in [3.63, 3.8) is 0 Å². The summed E-state index contributed by atoms with van der Waals surface area (Å²) in [5.74, 6) is 0.785. The van der Waals surface area contributed by atoms with E-state index < -0.39 is 0 Å². The molecule has 0 aliphatic carbocycles. The van der Waals surface area contributed by atoms with Crippen LogP contribution in [0.3, 0.4) is 0 Å². The van der Waals surface area contributed by atoms with Gasteiger partial charge in [0.25, 0.3) is 5.56 Å². The van der Waals surface area contributed by atoms with E-state index >= 15 is 0 Å². The van der Waals surface area contributed by atoms with Gasteiger partial charge in [0, 0.05) is 35.7 Å². The highest BCUT2D eigenvalue weighted by Crippen LogP contribution is 2.19. The second-order valence-electron chi connectivity index (χ2n) is 8.54. The van der Waals surface area contributed by atoms with Crippen molar-refractivity contribution in [2.75, 3.05) is 6.61 Å². The topological polar surface area (TPSA) is 88.9 Å². The Labute approximate surface area is 196 Å². The Bertz CT molecular complexity index is 1260. The Kier molecular flexibility index (Phi) is 6.61. The summed E-state index contributed by atoms with van der Waals surface area (Å²) in [6, 6.07) is 12.4. The van der Waals surface area contributed by atoms with Crippen molar-refractivity contribution >= 4 is 22.2 Å². The van der Waals surface area contributed by atoms with Crippen LogP contribution < -0.4 is 5.56 Å². The molecule has 33 heavy (non-hydrogen) atoms. The zero-order valence-electron chi connectivity index (χ0n) is 18.7. The molecule has 0 amide bonds. The quantitative estimate of drug-likeness (QED) is 0.408. The largest absolute Gasteiger partial charge is 0.376 e. The number of aryl methyl sites for hydroxylation is 1. The molecule has 1 atom stereocenters. The smallest absolute Gasteiger partial charge is 0.252 e. The number of nitrogens with zero attached hydrogens (tertiary/aromatic N) is 5. The van der Waals surface area contributed by atoms with E-state index in [1.54, 1.807) is 11.3 Å². The van der Waals surface area contributed by atoms with Gasteiger partial charge in [0.15, 0.2) is 5.82 Å². The molecule has 9 heteroatoms. The van der Waals surface area contributed by atoms with Crippen molar-refractivity contribution in [2.24, 2.45) is 0 Å². The highest BCUT2D eigenvalue weighted by atomic mass is 32.1. The highest BCUT2D eigenvalue weighted by Gasteiger charge is 2.21. The van der Waals surface area contributed by atoms with Crippen LogP contribution in [-0.2, 0) is 37.3 Å². The van der Waals surface area contributed by atoms with Gasteiger partial charge in [-0.15, -0.1) is 16.4 Å². The van der Waals surface area contributed by atoms with Crippen LogP contribution in [0.1, 0.15) is 41.6 Å². The Hall–Kier alpha value is -2.88. The number of aromatic amines is 1. The average molecular weight is 465 g/mol. The van der Waals surface area contributed by atoms with E-state index in [0.29, 0.717) is 19.6 Å². The Balaban J connectivity index is 1.41. The van der Waals surface area contributed by atoms with Gasteiger partial charge in [-0.25, -0.2) is 4.68 Å². The van der Waals surface area contributed by atoms with E-state index in [-0.39, 0.29) is 11.7 Å². The van der Waals surface area contributed by atoms with Crippen LogP contribution in [0.5, 0.6) is 0 Å². The van der Waals surface area contributed by atoms with Crippen LogP contribution in [0, 0.1) is 0 Å². The normalized spacial score (nSPS) is 16.2. The van der Waals surface area contributed by atoms with E-state index in [4.69, 9.17) is 4.74 Å². The first-order valence-electron chi connectivity index (χ1n) is 11.4. The first-order chi connectivity index (χ1) is 16.2. The predicted molar refractivity (Wildman–Crippen MR) is 128 cm³/mol. The number of fused-ring (bicyclic) bond motifs is 1. The molecule has 172 valence electrons. The molecule has 1 aliphatic heterocycles. The summed E-state index contributed by atoms with van der Waals surface area (Å²) < 4.78 is 7.61. The maximum absolute atomic E-state index is 12.9. The van der Waals surface area contributed by atoms with Crippen molar-refractivity contribution in [2.45, 2.75) is 58.5 Å². The molecular weight excluding hydrogens is 436 g/mol. The number of ether oxygens (including phenoxy) is 1. The minimum atomic E-state index is -0.0538. The van der Waals surface area contributed by atoms with Gasteiger partial charge >= 0.3 is 0 Å². The SMILES string of the molecule is CCc1ccc2[nH]c(=O)c(CN(Cc3cccs3)Cc3nnnn3C[C@H]3CCCO3)cc2c1. The molecular formula is C24H28N6O2S. The third kappa shape index (κ3) is 5.21. The second kappa shape index (κ2) is 9.94. The summed E-state index contributed by atoms with van der Waals surface area (Å²) in [5.41, 5.74) is 2.81. The van der Waals surface area contributed by atoms with Crippen LogP contribution in [0.15, 0.2) is 46.6 Å². The van der Waals surface area contributed by atoms with E-state index in [2.05, 4.69) is 62.0 Å². The van der Waals surface area contributed by atoms with Gasteiger partial charge in [-0.3, -0.25) is 9.69 Å². The number of pyridine rings is 1. The number of hydrogen-bond donors (Lipinski definition) is 1. The van der Waals surface area contributed by atoms with Crippen LogP contribution >= 0.6 is 11.3 Å². The van der Waals surface area contributed by atoms with Gasteiger partial charge in [0.05, 0.1) is 19.2 Å². The molecule has 1 aliphatic rings. The minimum Gasteiger partial charge on any atom is -0.376 e. The summed E-state index contributed by atoms with van der Waals surface area (Å²) in [4.78, 5) is 19.4. The average Bonchev–Trinajstić information content (AvgIpc) is 3.59. The zero-order valence-corrected chi connectivity index (χ0v) is 19.6. The number of hydrogen-bond acceptors (Lipinski definition) is 7. The second-order valence-corrected chi connectivity index (χ2v) is 9.57. The molecule has 1 saturated heterocycles. The van der Waals surface area contributed by atoms with Crippen molar-refractivity contribution in [1.82, 2.24) is 30.1 Å². The van der Waals surface area contributed by atoms with Crippen LogP contribution in [0.25, 0.3) is 10.9 Å². The van der Waals surface area contributed by atoms with Gasteiger partial charge in [-0.1, -0.05) is 19.1 Å². The number of thiophene rings is 1. The predicted octanol–water partition coefficient (Wildman–Crippen LogP) is 3.52. The number of rotatable bonds is 9. The molecule has 3 aromatic heterocycles. The molecule has 0 radical (unpaired) electrons. The van der Waals surface area contributed by atoms with Crippen LogP contribution in [0.4, 0.5) is 0 Å². The van der Waals surface area contributed by atoms with Gasteiger partial charge in [0.1, 0.15) is 0 Å². The Morgan fingerprint density at radius 1 is 1.24 bits per heavy atom. The lowest BCUT2D eigenvalue weighted by molar-refractivity contribution is 0.0915. The molecule has 1 fully saturated rings. The summed E-state index contributed by atoms with van der Waals surface area (Å²) >= 11 is 1.71. The van der Waals surface area contributed by atoms with Crippen LogP contribution in [0.2, 0.25) is 0 Å². The lowest BCUT2D eigenvalue weighted by Gasteiger charge is -2.21. The van der Waals surface area contributed by atoms with Crippen molar-refractivity contribution < 1.29 is 4.74 Å². The maximum atomic E-state index is 12.9. The molecule has 4 heterocycles. The van der Waals surface area contributed by atoms with Gasteiger partial charge in [-0.2, -0.15) is 0 Å². The zero-order chi connectivity index (χ0) is 22.6. The standard InChI is InChI=1S/C24H28N6O2S/c1-2-17-7-8-22-18(11-17)12-19(24(31)25-22)13-29(15-21-6-4-10-33-21)16-23-26-27-28-30(23)14-20-5-3-9-32-20/h4,6-8,10-12,20H,2-3,5,9,13-16H2,1H3,(H,25,31)/t20-/m1/s1. The van der Waals surface area contributed by atoms with Crippen molar-refractivity contribution in [3.05, 3.63) is 74.0 Å². The van der Waals surface area contributed by atoms with Crippen LogP contribution in [-0.4, -0.2) is 42.8 Å². The summed E-state index contributed by atoms with van der Waals surface area (Å²) in [6.07, 6.45) is 3.23. The third-order valence-corrected chi connectivity index (χ3v) is 6.98. The Morgan fingerprint density at radius 3 is 2.97 bits per heavy atom. The number of nitrogens with one attached hydrogen (secondary N) is 1. The van der Waals surface area contributed by atoms with E-state index in [1.807, 2.05) is 16.8 Å². The fraction of sp³-hybridized carbons (Fsp3) is 0.417. The van der Waals surface area contributed by atoms with Gasteiger partial charge in [-0.05, 0) is 70.3 Å². The third-order valence-electron chi connectivity index (χ3n) is 6.12. The lowest BCUT2D eigenvalue weighted by Crippen LogP contribution is -2.28. The fourth-order valence-corrected chi connectivity index (χ4v) is 5.08. The van der Waals surface area contributed by atoms with E-state index in [0.717, 1.165) is 54.7 Å². The summed E-state index contributed by atoms with van der Waals surface area (Å²) in [5, 5.41) is 15.5. The number of tetrazole rings is 1. The number of aromatic nitrogens is 5. The highest BCUT2D eigenvalue weighted by molar-refractivity contribution is 7.09. The molecule has 4 aromatic rings. The monoisotopic (exact) mass is 464 g/mol. The first-order valence-corrected chi connectivity index (χ1v) is 12.3. The molecule has 0 unspecified atom stereocenters. The fourth-order valence-electron chi connectivity index (χ4n) is 4.33. The number of H-pyrrole nitrogens is 1. The number of benzene rings is 1. The Morgan fingerprint density at radius 2 is 2.18 bits per heavy atom. The molecule has 0 bridgehead atoms. The van der Waals surface area contributed by atoms with Crippen molar-refractivity contribution in [1.29, 1.82) is 0 Å². The van der Waals surface area contributed by atoms with E-state index in [1.165, 1.54) is 10.4 Å². The maximum Gasteiger partial charge on any atom is 0.252 e. The molecule has 8 nitrogen and oxygen atoms in total. The summed E-state index contributed by atoms with van der Waals surface area (Å²) in [7, 11) is 0. The molecule has 1 N–H and O–H groups in total. The molecule has 5 rings (SSSR count). The minimum absolute atomic E-state index is 0.0538. The molecule has 0 saturated carbocycles. The molecule has 1 aromatic carbocycles. The van der Waals surface area contributed by atoms with Gasteiger partial charge in [0.2, 0.25) is 0 Å². The van der Waals surface area contributed by atoms with Gasteiger partial charge < -0.3 is 9.72 Å². The molecule has 0 spiro atoms. The first kappa shape index (κ1) is 21.9. The van der Waals surface area contributed by atoms with E-state index in [9.17, 15) is 4.79 Å². The van der Waals surface area contributed by atoms with Crippen molar-refractivity contribution in [3.8, 4) is 0 Å². The summed E-state index contributed by atoms with van der Waals surface area (Å²) in [6.45, 7) is 5.37. The lowest BCUT2D eigenvalue weighted by atomic mass is 10.1.